The van der Waals surface area contributed by atoms with Gasteiger partial charge in [-0.3, -0.25) is 4.79 Å². The van der Waals surface area contributed by atoms with E-state index in [0.717, 1.165) is 0 Å². The molecule has 1 saturated heterocycles. The van der Waals surface area contributed by atoms with Gasteiger partial charge in [0.2, 0.25) is 5.95 Å². The summed E-state index contributed by atoms with van der Waals surface area (Å²) in [6.07, 6.45) is 4.83. The van der Waals surface area contributed by atoms with Crippen LogP contribution in [0.2, 0.25) is 0 Å². The molecule has 0 aliphatic carbocycles. The number of carbonyl (C=O) groups is 1. The van der Waals surface area contributed by atoms with Crippen LogP contribution in [0.25, 0.3) is 16.6 Å². The number of amides is 1. The van der Waals surface area contributed by atoms with E-state index in [1.807, 2.05) is 29.2 Å². The summed E-state index contributed by atoms with van der Waals surface area (Å²) in [5.41, 5.74) is 1.91. The Morgan fingerprint density at radius 3 is 2.67 bits per heavy atom. The Kier molecular flexibility index (Phi) is 5.45. The average molecular weight is 446 g/mol. The number of carbonyl (C=O) groups excluding carboxylic acids is 1. The van der Waals surface area contributed by atoms with E-state index < -0.39 is 0 Å². The summed E-state index contributed by atoms with van der Waals surface area (Å²) in [4.78, 5) is 28.2. The Labute approximate surface area is 190 Å². The van der Waals surface area contributed by atoms with Gasteiger partial charge in [-0.05, 0) is 43.2 Å². The van der Waals surface area contributed by atoms with Crippen molar-refractivity contribution in [2.24, 2.45) is 5.92 Å². The fourth-order valence-corrected chi connectivity index (χ4v) is 4.27. The summed E-state index contributed by atoms with van der Waals surface area (Å²) >= 11 is 0. The Balaban J connectivity index is 1.42. The average Bonchev–Trinajstić information content (AvgIpc) is 3.32. The molecule has 2 atom stereocenters. The number of benzene rings is 2. The van der Waals surface area contributed by atoms with Gasteiger partial charge in [0.1, 0.15) is 5.82 Å². The van der Waals surface area contributed by atoms with Crippen molar-refractivity contribution in [3.63, 3.8) is 0 Å². The van der Waals surface area contributed by atoms with Crippen molar-refractivity contribution in [3.8, 4) is 5.69 Å². The Bertz CT molecular complexity index is 1290. The number of hydrogen-bond donors (Lipinski definition) is 0. The van der Waals surface area contributed by atoms with Gasteiger partial charge in [-0.15, -0.1) is 0 Å². The van der Waals surface area contributed by atoms with Crippen LogP contribution >= 0.6 is 0 Å². The summed E-state index contributed by atoms with van der Waals surface area (Å²) in [6, 6.07) is 11.9. The van der Waals surface area contributed by atoms with Crippen molar-refractivity contribution in [2.45, 2.75) is 19.9 Å². The molecule has 1 fully saturated rings. The maximum Gasteiger partial charge on any atom is 0.256 e. The number of halogens is 1. The molecule has 33 heavy (non-hydrogen) atoms. The molecule has 9 heteroatoms. The van der Waals surface area contributed by atoms with Gasteiger partial charge in [0, 0.05) is 37.3 Å². The van der Waals surface area contributed by atoms with E-state index in [4.69, 9.17) is 0 Å². The van der Waals surface area contributed by atoms with Crippen molar-refractivity contribution < 1.29 is 9.18 Å². The molecule has 2 aromatic heterocycles. The van der Waals surface area contributed by atoms with E-state index in [1.165, 1.54) is 16.9 Å². The van der Waals surface area contributed by atoms with Crippen LogP contribution in [0.3, 0.4) is 0 Å². The van der Waals surface area contributed by atoms with Gasteiger partial charge >= 0.3 is 0 Å². The van der Waals surface area contributed by atoms with Crippen LogP contribution in [0.15, 0.2) is 61.1 Å². The third-order valence-electron chi connectivity index (χ3n) is 6.28. The van der Waals surface area contributed by atoms with Crippen molar-refractivity contribution in [3.05, 3.63) is 72.4 Å². The zero-order valence-corrected chi connectivity index (χ0v) is 18.5. The third-order valence-corrected chi connectivity index (χ3v) is 6.28. The minimum atomic E-state index is -0.309. The smallest absolute Gasteiger partial charge is 0.256 e. The number of anilines is 1. The SMILES string of the molecule is CC1CN(c2ncc3cc(F)ccc3n2)CCN(C(=O)c2ccccc2-n2nccn2)C1C. The van der Waals surface area contributed by atoms with E-state index in [0.29, 0.717) is 47.7 Å². The first kappa shape index (κ1) is 21.0. The molecule has 0 N–H and O–H groups in total. The lowest BCUT2D eigenvalue weighted by molar-refractivity contribution is 0.0670. The molecule has 168 valence electrons. The van der Waals surface area contributed by atoms with Gasteiger partial charge in [0.15, 0.2) is 0 Å². The Morgan fingerprint density at radius 1 is 1.06 bits per heavy atom. The molecular formula is C24H24FN7O. The molecule has 0 radical (unpaired) electrons. The van der Waals surface area contributed by atoms with Crippen LogP contribution < -0.4 is 4.90 Å². The van der Waals surface area contributed by atoms with Crippen LogP contribution in [-0.2, 0) is 0 Å². The highest BCUT2D eigenvalue weighted by Gasteiger charge is 2.32. The maximum absolute atomic E-state index is 13.6. The molecule has 3 heterocycles. The zero-order chi connectivity index (χ0) is 22.9. The predicted octanol–water partition coefficient (Wildman–Crippen LogP) is 3.34. The number of nitrogens with zero attached hydrogens (tertiary/aromatic N) is 7. The molecule has 0 saturated carbocycles. The Morgan fingerprint density at radius 2 is 1.85 bits per heavy atom. The Hall–Kier alpha value is -3.88. The molecule has 0 spiro atoms. The van der Waals surface area contributed by atoms with Crippen LogP contribution in [-0.4, -0.2) is 61.4 Å². The summed E-state index contributed by atoms with van der Waals surface area (Å²) < 4.78 is 13.5. The number of hydrogen-bond acceptors (Lipinski definition) is 6. The highest BCUT2D eigenvalue weighted by molar-refractivity contribution is 5.98. The standard InChI is InChI=1S/C24H24FN7O/c1-16-15-30(24-26-14-18-13-19(25)7-8-21(18)29-24)11-12-31(17(16)2)23(33)20-5-3-4-6-22(20)32-27-9-10-28-32/h3-10,13-14,16-17H,11-12,15H2,1-2H3. The minimum absolute atomic E-state index is 0.00990. The molecule has 1 aliphatic rings. The fraction of sp³-hybridized carbons (Fsp3) is 0.292. The van der Waals surface area contributed by atoms with Gasteiger partial charge < -0.3 is 9.80 Å². The first-order chi connectivity index (χ1) is 16.0. The molecule has 5 rings (SSSR count). The largest absolute Gasteiger partial charge is 0.339 e. The zero-order valence-electron chi connectivity index (χ0n) is 18.5. The second-order valence-electron chi connectivity index (χ2n) is 8.37. The molecule has 8 nitrogen and oxygen atoms in total. The molecule has 2 aromatic carbocycles. The van der Waals surface area contributed by atoms with Crippen molar-refractivity contribution >= 4 is 22.8 Å². The van der Waals surface area contributed by atoms with Gasteiger partial charge in [-0.1, -0.05) is 19.1 Å². The lowest BCUT2D eigenvalue weighted by Gasteiger charge is -2.30. The molecule has 2 unspecified atom stereocenters. The summed E-state index contributed by atoms with van der Waals surface area (Å²) in [7, 11) is 0. The highest BCUT2D eigenvalue weighted by atomic mass is 19.1. The predicted molar refractivity (Wildman–Crippen MR) is 123 cm³/mol. The van der Waals surface area contributed by atoms with Crippen LogP contribution in [0.5, 0.6) is 0 Å². The van der Waals surface area contributed by atoms with Crippen LogP contribution in [0, 0.1) is 11.7 Å². The fourth-order valence-electron chi connectivity index (χ4n) is 4.27. The van der Waals surface area contributed by atoms with Crippen LogP contribution in [0.1, 0.15) is 24.2 Å². The van der Waals surface area contributed by atoms with Gasteiger partial charge in [0.25, 0.3) is 5.91 Å². The van der Waals surface area contributed by atoms with E-state index in [9.17, 15) is 9.18 Å². The first-order valence-corrected chi connectivity index (χ1v) is 10.9. The first-order valence-electron chi connectivity index (χ1n) is 10.9. The number of aromatic nitrogens is 5. The quantitative estimate of drug-likeness (QED) is 0.481. The summed E-state index contributed by atoms with van der Waals surface area (Å²) in [5.74, 6) is 0.400. The molecule has 4 aromatic rings. The van der Waals surface area contributed by atoms with Gasteiger partial charge in [-0.2, -0.15) is 15.0 Å². The number of para-hydroxylation sites is 1. The van der Waals surface area contributed by atoms with E-state index >= 15 is 0 Å². The molecular weight excluding hydrogens is 421 g/mol. The van der Waals surface area contributed by atoms with Crippen LogP contribution in [0.4, 0.5) is 10.3 Å². The lowest BCUT2D eigenvalue weighted by atomic mass is 10.0. The topological polar surface area (TPSA) is 80.0 Å². The minimum Gasteiger partial charge on any atom is -0.339 e. The summed E-state index contributed by atoms with van der Waals surface area (Å²) in [6.45, 7) is 6.02. The molecule has 1 amide bonds. The van der Waals surface area contributed by atoms with Gasteiger partial charge in [-0.25, -0.2) is 14.4 Å². The number of rotatable bonds is 3. The van der Waals surface area contributed by atoms with Crippen molar-refractivity contribution in [1.29, 1.82) is 0 Å². The van der Waals surface area contributed by atoms with Crippen molar-refractivity contribution in [1.82, 2.24) is 29.9 Å². The normalized spacial score (nSPS) is 19.0. The second kappa shape index (κ2) is 8.57. The second-order valence-corrected chi connectivity index (χ2v) is 8.37. The van der Waals surface area contributed by atoms with E-state index in [1.54, 1.807) is 24.7 Å². The van der Waals surface area contributed by atoms with Crippen molar-refractivity contribution in [2.75, 3.05) is 24.5 Å². The van der Waals surface area contributed by atoms with Gasteiger partial charge in [0.05, 0.1) is 29.2 Å². The monoisotopic (exact) mass is 445 g/mol. The van der Waals surface area contributed by atoms with E-state index in [-0.39, 0.29) is 23.7 Å². The number of fused-ring (bicyclic) bond motifs is 1. The summed E-state index contributed by atoms with van der Waals surface area (Å²) in [5, 5.41) is 9.05. The molecule has 0 bridgehead atoms. The third kappa shape index (κ3) is 4.02. The van der Waals surface area contributed by atoms with E-state index in [2.05, 4.69) is 38.9 Å². The highest BCUT2D eigenvalue weighted by Crippen LogP contribution is 2.25. The molecule has 1 aliphatic heterocycles. The maximum atomic E-state index is 13.6. The lowest BCUT2D eigenvalue weighted by Crippen LogP contribution is -2.42.